The molecule has 100 valence electrons. The Morgan fingerprint density at radius 2 is 2.05 bits per heavy atom. The molecule has 1 aromatic heterocycles. The summed E-state index contributed by atoms with van der Waals surface area (Å²) in [6.07, 6.45) is 2.03. The average Bonchev–Trinajstić information content (AvgIpc) is 3.00. The van der Waals surface area contributed by atoms with E-state index in [2.05, 4.69) is 16.0 Å². The molecule has 1 aliphatic rings. The Labute approximate surface area is 113 Å². The van der Waals surface area contributed by atoms with Crippen LogP contribution in [0.2, 0.25) is 0 Å². The van der Waals surface area contributed by atoms with Crippen molar-refractivity contribution in [3.05, 3.63) is 35.3 Å². The largest absolute Gasteiger partial charge is 0.496 e. The zero-order valence-corrected chi connectivity index (χ0v) is 11.6. The number of benzene rings is 1. The second-order valence-corrected chi connectivity index (χ2v) is 5.40. The molecule has 3 rings (SSSR count). The Morgan fingerprint density at radius 3 is 2.63 bits per heavy atom. The molecule has 3 N–H and O–H groups in total. The maximum Gasteiger partial charge on any atom is 0.127 e. The van der Waals surface area contributed by atoms with E-state index in [1.807, 2.05) is 26.0 Å². The smallest absolute Gasteiger partial charge is 0.127 e. The number of hydrogen-bond acceptors (Lipinski definition) is 3. The van der Waals surface area contributed by atoms with Crippen LogP contribution in [0.1, 0.15) is 29.9 Å². The second-order valence-electron chi connectivity index (χ2n) is 5.40. The van der Waals surface area contributed by atoms with Crippen molar-refractivity contribution >= 4 is 0 Å². The summed E-state index contributed by atoms with van der Waals surface area (Å²) in [5.41, 5.74) is 10.2. The van der Waals surface area contributed by atoms with Gasteiger partial charge in [0.15, 0.2) is 0 Å². The summed E-state index contributed by atoms with van der Waals surface area (Å²) >= 11 is 0. The van der Waals surface area contributed by atoms with Crippen LogP contribution in [0.15, 0.2) is 18.2 Å². The summed E-state index contributed by atoms with van der Waals surface area (Å²) in [6, 6.07) is 6.12. The van der Waals surface area contributed by atoms with E-state index < -0.39 is 0 Å². The van der Waals surface area contributed by atoms with Crippen molar-refractivity contribution in [1.82, 2.24) is 9.97 Å². The number of nitrogens with one attached hydrogen (secondary N) is 1. The van der Waals surface area contributed by atoms with Crippen LogP contribution in [0.25, 0.3) is 11.3 Å². The molecule has 0 radical (unpaired) electrons. The Balaban J connectivity index is 2.02. The fourth-order valence-electron chi connectivity index (χ4n) is 2.37. The average molecular weight is 257 g/mol. The molecule has 0 unspecified atom stereocenters. The van der Waals surface area contributed by atoms with E-state index in [0.29, 0.717) is 0 Å². The van der Waals surface area contributed by atoms with E-state index >= 15 is 0 Å². The summed E-state index contributed by atoms with van der Waals surface area (Å²) in [6.45, 7) is 4.08. The van der Waals surface area contributed by atoms with Crippen LogP contribution in [0.4, 0.5) is 0 Å². The Kier molecular flexibility index (Phi) is 2.64. The molecular formula is C15H19N3O. The number of rotatable bonds is 3. The quantitative estimate of drug-likeness (QED) is 0.888. The first-order chi connectivity index (χ1) is 9.03. The molecule has 0 aliphatic heterocycles. The lowest BCUT2D eigenvalue weighted by atomic mass is 10.1. The van der Waals surface area contributed by atoms with E-state index in [4.69, 9.17) is 10.5 Å². The van der Waals surface area contributed by atoms with Crippen molar-refractivity contribution in [2.75, 3.05) is 7.11 Å². The van der Waals surface area contributed by atoms with Crippen molar-refractivity contribution in [2.24, 2.45) is 5.73 Å². The van der Waals surface area contributed by atoms with Crippen LogP contribution in [-0.2, 0) is 5.54 Å². The maximum atomic E-state index is 6.19. The van der Waals surface area contributed by atoms with Gasteiger partial charge in [0.05, 0.1) is 18.3 Å². The van der Waals surface area contributed by atoms with Gasteiger partial charge in [-0.15, -0.1) is 0 Å². The summed E-state index contributed by atoms with van der Waals surface area (Å²) in [5.74, 6) is 1.81. The lowest BCUT2D eigenvalue weighted by Gasteiger charge is -2.06. The molecule has 0 spiro atoms. The number of ether oxygens (including phenoxy) is 1. The number of aromatic nitrogens is 2. The van der Waals surface area contributed by atoms with Gasteiger partial charge in [-0.2, -0.15) is 0 Å². The van der Waals surface area contributed by atoms with Gasteiger partial charge in [-0.05, 0) is 50.5 Å². The number of methoxy groups -OCH3 is 1. The first kappa shape index (κ1) is 12.2. The first-order valence-electron chi connectivity index (χ1n) is 6.54. The van der Waals surface area contributed by atoms with Gasteiger partial charge in [0.25, 0.3) is 0 Å². The fourth-order valence-corrected chi connectivity index (χ4v) is 2.37. The summed E-state index contributed by atoms with van der Waals surface area (Å²) in [7, 11) is 1.69. The third-order valence-corrected chi connectivity index (χ3v) is 3.81. The first-order valence-corrected chi connectivity index (χ1v) is 6.54. The monoisotopic (exact) mass is 257 g/mol. The SMILES string of the molecule is COc1ccc(-c2nc(C3(N)CC3)[nH]c2C)cc1C. The molecule has 0 atom stereocenters. The molecule has 1 fully saturated rings. The van der Waals surface area contributed by atoms with Crippen molar-refractivity contribution < 1.29 is 4.74 Å². The van der Waals surface area contributed by atoms with E-state index in [0.717, 1.165) is 46.9 Å². The maximum absolute atomic E-state index is 6.19. The van der Waals surface area contributed by atoms with Gasteiger partial charge < -0.3 is 15.5 Å². The number of hydrogen-bond donors (Lipinski definition) is 2. The molecule has 2 aromatic rings. The molecule has 1 aliphatic carbocycles. The van der Waals surface area contributed by atoms with Gasteiger partial charge in [-0.25, -0.2) is 4.98 Å². The summed E-state index contributed by atoms with van der Waals surface area (Å²) in [5, 5.41) is 0. The Hall–Kier alpha value is -1.81. The van der Waals surface area contributed by atoms with Crippen LogP contribution in [-0.4, -0.2) is 17.1 Å². The molecule has 1 saturated carbocycles. The van der Waals surface area contributed by atoms with Crippen LogP contribution in [0.5, 0.6) is 5.75 Å². The van der Waals surface area contributed by atoms with Crippen LogP contribution in [0, 0.1) is 13.8 Å². The molecule has 0 amide bonds. The van der Waals surface area contributed by atoms with Crippen molar-refractivity contribution in [1.29, 1.82) is 0 Å². The van der Waals surface area contributed by atoms with Crippen molar-refractivity contribution in [2.45, 2.75) is 32.2 Å². The minimum Gasteiger partial charge on any atom is -0.496 e. The van der Waals surface area contributed by atoms with Gasteiger partial charge >= 0.3 is 0 Å². The molecule has 4 nitrogen and oxygen atoms in total. The molecule has 0 saturated heterocycles. The highest BCUT2D eigenvalue weighted by atomic mass is 16.5. The third kappa shape index (κ3) is 2.02. The van der Waals surface area contributed by atoms with E-state index in [1.54, 1.807) is 7.11 Å². The van der Waals surface area contributed by atoms with Crippen LogP contribution >= 0.6 is 0 Å². The van der Waals surface area contributed by atoms with Crippen molar-refractivity contribution in [3.8, 4) is 17.0 Å². The lowest BCUT2D eigenvalue weighted by Crippen LogP contribution is -2.20. The highest BCUT2D eigenvalue weighted by Gasteiger charge is 2.43. The molecule has 0 bridgehead atoms. The predicted octanol–water partition coefficient (Wildman–Crippen LogP) is 2.65. The minimum atomic E-state index is -0.218. The van der Waals surface area contributed by atoms with Crippen LogP contribution < -0.4 is 10.5 Å². The summed E-state index contributed by atoms with van der Waals surface area (Å²) in [4.78, 5) is 8.02. The van der Waals surface area contributed by atoms with Crippen molar-refractivity contribution in [3.63, 3.8) is 0 Å². The molecule has 1 heterocycles. The van der Waals surface area contributed by atoms with Gasteiger partial charge in [0.1, 0.15) is 11.6 Å². The zero-order chi connectivity index (χ0) is 13.6. The van der Waals surface area contributed by atoms with Gasteiger partial charge in [0, 0.05) is 11.3 Å². The van der Waals surface area contributed by atoms with E-state index in [-0.39, 0.29) is 5.54 Å². The number of H-pyrrole nitrogens is 1. The topological polar surface area (TPSA) is 63.9 Å². The third-order valence-electron chi connectivity index (χ3n) is 3.81. The molecule has 19 heavy (non-hydrogen) atoms. The van der Waals surface area contributed by atoms with Gasteiger partial charge in [0.2, 0.25) is 0 Å². The number of nitrogens with zero attached hydrogens (tertiary/aromatic N) is 1. The summed E-state index contributed by atoms with van der Waals surface area (Å²) < 4.78 is 5.29. The lowest BCUT2D eigenvalue weighted by molar-refractivity contribution is 0.412. The molecule has 1 aromatic carbocycles. The zero-order valence-electron chi connectivity index (χ0n) is 11.6. The number of nitrogens with two attached hydrogens (primary N) is 1. The standard InChI is InChI=1S/C15H19N3O/c1-9-8-11(4-5-12(9)19-3)13-10(2)17-14(18-13)15(16)6-7-15/h4-5,8H,6-7,16H2,1-3H3,(H,17,18). The Bertz CT molecular complexity index is 626. The second kappa shape index (κ2) is 4.10. The normalized spacial score (nSPS) is 16.4. The highest BCUT2D eigenvalue weighted by Crippen LogP contribution is 2.42. The minimum absolute atomic E-state index is 0.218. The molecule has 4 heteroatoms. The fraction of sp³-hybridized carbons (Fsp3) is 0.400. The Morgan fingerprint density at radius 1 is 1.32 bits per heavy atom. The number of aryl methyl sites for hydroxylation is 2. The number of imidazole rings is 1. The predicted molar refractivity (Wildman–Crippen MR) is 75.1 cm³/mol. The van der Waals surface area contributed by atoms with Crippen LogP contribution in [0.3, 0.4) is 0 Å². The van der Waals surface area contributed by atoms with E-state index in [1.165, 1.54) is 0 Å². The highest BCUT2D eigenvalue weighted by molar-refractivity contribution is 5.64. The van der Waals surface area contributed by atoms with Gasteiger partial charge in [-0.3, -0.25) is 0 Å². The number of aromatic amines is 1. The van der Waals surface area contributed by atoms with E-state index in [9.17, 15) is 0 Å². The van der Waals surface area contributed by atoms with Gasteiger partial charge in [-0.1, -0.05) is 0 Å². The molecular weight excluding hydrogens is 238 g/mol.